The van der Waals surface area contributed by atoms with Crippen molar-refractivity contribution in [2.75, 3.05) is 4.90 Å². The Labute approximate surface area is 142 Å². The molecular weight excluding hydrogens is 337 g/mol. The number of carbonyl (C=O) groups is 2. The van der Waals surface area contributed by atoms with Crippen molar-refractivity contribution < 1.29 is 23.8 Å². The third-order valence-corrected chi connectivity index (χ3v) is 3.90. The summed E-state index contributed by atoms with van der Waals surface area (Å²) in [5, 5.41) is 9.35. The molecule has 1 amide bonds. The molecule has 0 fully saturated rings. The van der Waals surface area contributed by atoms with Crippen LogP contribution < -0.4 is 9.64 Å². The molecule has 3 rings (SSSR count). The van der Waals surface area contributed by atoms with Crippen LogP contribution in [0.25, 0.3) is 0 Å². The highest BCUT2D eigenvalue weighted by Gasteiger charge is 2.36. The largest absolute Gasteiger partial charge is 0.481 e. The fourth-order valence-electron chi connectivity index (χ4n) is 2.54. The van der Waals surface area contributed by atoms with E-state index in [9.17, 15) is 14.0 Å². The van der Waals surface area contributed by atoms with Gasteiger partial charge in [0.25, 0.3) is 5.91 Å². The molecular formula is C17H13ClFNO4. The van der Waals surface area contributed by atoms with Crippen LogP contribution in [-0.2, 0) is 16.1 Å². The van der Waals surface area contributed by atoms with E-state index in [0.717, 1.165) is 0 Å². The van der Waals surface area contributed by atoms with E-state index in [-0.39, 0.29) is 6.54 Å². The van der Waals surface area contributed by atoms with Gasteiger partial charge < -0.3 is 14.7 Å². The smallest absolute Gasteiger partial charge is 0.307 e. The number of carbonyl (C=O) groups excluding carboxylic acids is 1. The summed E-state index contributed by atoms with van der Waals surface area (Å²) in [6.07, 6.45) is -1.64. The van der Waals surface area contributed by atoms with E-state index in [2.05, 4.69) is 0 Å². The van der Waals surface area contributed by atoms with E-state index >= 15 is 0 Å². The maximum absolute atomic E-state index is 13.9. The molecule has 1 aliphatic rings. The Hall–Kier alpha value is -2.60. The highest BCUT2D eigenvalue weighted by atomic mass is 35.5. The van der Waals surface area contributed by atoms with Crippen molar-refractivity contribution in [3.63, 3.8) is 0 Å². The highest BCUT2D eigenvalue weighted by Crippen LogP contribution is 2.37. The molecule has 24 heavy (non-hydrogen) atoms. The van der Waals surface area contributed by atoms with Gasteiger partial charge in [0.05, 0.1) is 18.7 Å². The molecule has 5 nitrogen and oxygen atoms in total. The predicted molar refractivity (Wildman–Crippen MR) is 85.7 cm³/mol. The van der Waals surface area contributed by atoms with Crippen LogP contribution in [0.1, 0.15) is 12.0 Å². The first-order valence-electron chi connectivity index (χ1n) is 7.18. The summed E-state index contributed by atoms with van der Waals surface area (Å²) in [5.74, 6) is -1.82. The van der Waals surface area contributed by atoms with Gasteiger partial charge in [0.1, 0.15) is 11.6 Å². The van der Waals surface area contributed by atoms with Crippen LogP contribution in [0.4, 0.5) is 10.1 Å². The number of hydrogen-bond donors (Lipinski definition) is 1. The van der Waals surface area contributed by atoms with Gasteiger partial charge in [-0.2, -0.15) is 0 Å². The Bertz CT molecular complexity index is 811. The lowest BCUT2D eigenvalue weighted by atomic mass is 10.1. The summed E-state index contributed by atoms with van der Waals surface area (Å²) in [6.45, 7) is -0.0433. The van der Waals surface area contributed by atoms with Crippen molar-refractivity contribution in [1.82, 2.24) is 0 Å². The van der Waals surface area contributed by atoms with E-state index in [0.29, 0.717) is 22.0 Å². The van der Waals surface area contributed by atoms with Gasteiger partial charge >= 0.3 is 5.97 Å². The van der Waals surface area contributed by atoms with Crippen LogP contribution in [0, 0.1) is 5.82 Å². The second kappa shape index (κ2) is 6.49. The fraction of sp³-hybridized carbons (Fsp3) is 0.176. The van der Waals surface area contributed by atoms with Gasteiger partial charge in [0.15, 0.2) is 6.10 Å². The van der Waals surface area contributed by atoms with Crippen LogP contribution in [0.15, 0.2) is 42.5 Å². The van der Waals surface area contributed by atoms with Gasteiger partial charge in [-0.3, -0.25) is 9.59 Å². The maximum Gasteiger partial charge on any atom is 0.307 e. The number of fused-ring (bicyclic) bond motifs is 1. The SMILES string of the molecule is O=C(O)CC1Oc2ccc(Cl)cc2N(Cc2ccccc2F)C1=O. The van der Waals surface area contributed by atoms with Gasteiger partial charge in [-0.25, -0.2) is 4.39 Å². The third-order valence-electron chi connectivity index (χ3n) is 3.67. The van der Waals surface area contributed by atoms with Gasteiger partial charge in [-0.15, -0.1) is 0 Å². The summed E-state index contributed by atoms with van der Waals surface area (Å²) < 4.78 is 19.4. The Kier molecular flexibility index (Phi) is 4.40. The molecule has 2 aromatic rings. The number of aliphatic carboxylic acids is 1. The fourth-order valence-corrected chi connectivity index (χ4v) is 2.71. The number of carboxylic acid groups (broad SMARTS) is 1. The Morgan fingerprint density at radius 1 is 1.29 bits per heavy atom. The average molecular weight is 350 g/mol. The molecule has 1 aliphatic heterocycles. The van der Waals surface area contributed by atoms with Crippen LogP contribution in [0.5, 0.6) is 5.75 Å². The minimum absolute atomic E-state index is 0.0433. The van der Waals surface area contributed by atoms with E-state index in [4.69, 9.17) is 21.4 Å². The van der Waals surface area contributed by atoms with Crippen LogP contribution in [0.2, 0.25) is 5.02 Å². The van der Waals surface area contributed by atoms with E-state index in [1.54, 1.807) is 30.3 Å². The summed E-state index contributed by atoms with van der Waals surface area (Å²) in [4.78, 5) is 24.9. The number of amides is 1. The van der Waals surface area contributed by atoms with Gasteiger partial charge in [0.2, 0.25) is 0 Å². The van der Waals surface area contributed by atoms with E-state index in [1.165, 1.54) is 17.0 Å². The highest BCUT2D eigenvalue weighted by molar-refractivity contribution is 6.31. The molecule has 2 aromatic carbocycles. The average Bonchev–Trinajstić information content (AvgIpc) is 2.53. The first-order valence-corrected chi connectivity index (χ1v) is 7.56. The molecule has 0 saturated heterocycles. The van der Waals surface area contributed by atoms with Crippen molar-refractivity contribution in [3.05, 3.63) is 58.9 Å². The number of ether oxygens (including phenoxy) is 1. The standard InChI is InChI=1S/C17H13ClFNO4/c18-11-5-6-14-13(7-11)20(9-10-3-1-2-4-12(10)19)17(23)15(24-14)8-16(21)22/h1-7,15H,8-9H2,(H,21,22). The lowest BCUT2D eigenvalue weighted by Crippen LogP contribution is -2.46. The van der Waals surface area contributed by atoms with E-state index < -0.39 is 30.2 Å². The Morgan fingerprint density at radius 2 is 2.04 bits per heavy atom. The number of carboxylic acids is 1. The van der Waals surface area contributed by atoms with Crippen molar-refractivity contribution in [2.24, 2.45) is 0 Å². The lowest BCUT2D eigenvalue weighted by Gasteiger charge is -2.34. The van der Waals surface area contributed by atoms with E-state index in [1.807, 2.05) is 0 Å². The third kappa shape index (κ3) is 3.19. The molecule has 1 N–H and O–H groups in total. The lowest BCUT2D eigenvalue weighted by molar-refractivity contribution is -0.142. The van der Waals surface area contributed by atoms with Gasteiger partial charge in [-0.1, -0.05) is 29.8 Å². The maximum atomic E-state index is 13.9. The molecule has 0 aliphatic carbocycles. The molecule has 124 valence electrons. The number of halogens is 2. The first kappa shape index (κ1) is 16.3. The van der Waals surface area contributed by atoms with Crippen molar-refractivity contribution in [3.8, 4) is 5.75 Å². The zero-order valence-corrected chi connectivity index (χ0v) is 13.2. The number of hydrogen-bond acceptors (Lipinski definition) is 3. The number of benzene rings is 2. The van der Waals surface area contributed by atoms with Crippen LogP contribution in [-0.4, -0.2) is 23.1 Å². The van der Waals surface area contributed by atoms with Crippen molar-refractivity contribution in [2.45, 2.75) is 19.1 Å². The quantitative estimate of drug-likeness (QED) is 0.920. The summed E-state index contributed by atoms with van der Waals surface area (Å²) >= 11 is 5.98. The zero-order valence-electron chi connectivity index (χ0n) is 12.4. The molecule has 7 heteroatoms. The summed E-state index contributed by atoms with van der Waals surface area (Å²) in [6, 6.07) is 10.8. The summed E-state index contributed by atoms with van der Waals surface area (Å²) in [5.41, 5.74) is 0.699. The normalized spacial score (nSPS) is 16.5. The second-order valence-electron chi connectivity index (χ2n) is 5.33. The summed E-state index contributed by atoms with van der Waals surface area (Å²) in [7, 11) is 0. The first-order chi connectivity index (χ1) is 11.5. The van der Waals surface area contributed by atoms with Crippen molar-refractivity contribution in [1.29, 1.82) is 0 Å². The predicted octanol–water partition coefficient (Wildman–Crippen LogP) is 3.25. The molecule has 1 unspecified atom stereocenters. The number of rotatable bonds is 4. The number of anilines is 1. The minimum Gasteiger partial charge on any atom is -0.481 e. The van der Waals surface area contributed by atoms with Gasteiger partial charge in [0, 0.05) is 10.6 Å². The Morgan fingerprint density at radius 3 is 2.75 bits per heavy atom. The molecule has 1 atom stereocenters. The van der Waals surface area contributed by atoms with Crippen molar-refractivity contribution >= 4 is 29.2 Å². The van der Waals surface area contributed by atoms with Gasteiger partial charge in [-0.05, 0) is 24.3 Å². The zero-order chi connectivity index (χ0) is 17.3. The monoisotopic (exact) mass is 349 g/mol. The molecule has 0 bridgehead atoms. The molecule has 1 heterocycles. The molecule has 0 radical (unpaired) electrons. The number of nitrogens with zero attached hydrogens (tertiary/aromatic N) is 1. The second-order valence-corrected chi connectivity index (χ2v) is 5.77. The molecule has 0 spiro atoms. The van der Waals surface area contributed by atoms with Crippen LogP contribution in [0.3, 0.4) is 0 Å². The topological polar surface area (TPSA) is 66.8 Å². The molecule has 0 aromatic heterocycles. The molecule has 0 saturated carbocycles. The minimum atomic E-state index is -1.16. The Balaban J connectivity index is 2.01. The van der Waals surface area contributed by atoms with Crippen LogP contribution >= 0.6 is 11.6 Å².